The highest BCUT2D eigenvalue weighted by Gasteiger charge is 2.44. The maximum absolute atomic E-state index is 12.5. The molecule has 0 saturated carbocycles. The number of para-hydroxylation sites is 1. The van der Waals surface area contributed by atoms with E-state index >= 15 is 0 Å². The Morgan fingerprint density at radius 1 is 0.455 bits per heavy atom. The first-order valence-corrected chi connectivity index (χ1v) is 11.2. The van der Waals surface area contributed by atoms with Gasteiger partial charge in [-0.2, -0.15) is 0 Å². The number of benzene rings is 5. The molecule has 6 aromatic rings. The summed E-state index contributed by atoms with van der Waals surface area (Å²) in [4.78, 5) is 0. The van der Waals surface area contributed by atoms with Crippen LogP contribution in [0, 0.1) is 0 Å². The molecule has 5 aromatic carbocycles. The molecule has 0 amide bonds. The van der Waals surface area contributed by atoms with Crippen molar-refractivity contribution >= 4 is 21.9 Å². The molecule has 33 heavy (non-hydrogen) atoms. The minimum Gasteiger partial charge on any atom is -0.456 e. The Balaban J connectivity index is 1.58. The van der Waals surface area contributed by atoms with Crippen LogP contribution in [0.3, 0.4) is 0 Å². The van der Waals surface area contributed by atoms with E-state index in [-0.39, 0.29) is 0 Å². The molecule has 0 aliphatic heterocycles. The Morgan fingerprint density at radius 2 is 0.909 bits per heavy atom. The van der Waals surface area contributed by atoms with E-state index in [0.29, 0.717) is 0 Å². The van der Waals surface area contributed by atoms with Gasteiger partial charge in [-0.25, -0.2) is 0 Å². The normalized spacial score (nSPS) is 13.8. The maximum Gasteiger partial charge on any atom is 0.142 e. The lowest BCUT2D eigenvalue weighted by Gasteiger charge is -2.29. The molecule has 1 heterocycles. The Bertz CT molecular complexity index is 1640. The van der Waals surface area contributed by atoms with Gasteiger partial charge < -0.3 is 9.52 Å². The summed E-state index contributed by atoms with van der Waals surface area (Å²) in [6, 6.07) is 38.8. The zero-order chi connectivity index (χ0) is 22.0. The quantitative estimate of drug-likeness (QED) is 0.312. The largest absolute Gasteiger partial charge is 0.456 e. The van der Waals surface area contributed by atoms with Crippen LogP contribution in [0.1, 0.15) is 16.7 Å². The average Bonchev–Trinajstić information content (AvgIpc) is 3.39. The van der Waals surface area contributed by atoms with Crippen LogP contribution in [0.25, 0.3) is 44.2 Å². The summed E-state index contributed by atoms with van der Waals surface area (Å²) in [6.45, 7) is 0. The molecule has 1 aliphatic rings. The molecule has 1 N–H and O–H groups in total. The van der Waals surface area contributed by atoms with Gasteiger partial charge in [0.05, 0.1) is 0 Å². The third kappa shape index (κ3) is 2.41. The summed E-state index contributed by atoms with van der Waals surface area (Å²) in [6.07, 6.45) is 0. The highest BCUT2D eigenvalue weighted by atomic mass is 16.3. The second kappa shape index (κ2) is 6.68. The highest BCUT2D eigenvalue weighted by Crippen LogP contribution is 2.53. The lowest BCUT2D eigenvalue weighted by Crippen LogP contribution is -2.27. The van der Waals surface area contributed by atoms with Crippen molar-refractivity contribution in [1.29, 1.82) is 0 Å². The van der Waals surface area contributed by atoms with E-state index in [1.807, 2.05) is 78.9 Å². The van der Waals surface area contributed by atoms with Crippen molar-refractivity contribution in [2.75, 3.05) is 0 Å². The number of hydrogen-bond donors (Lipinski definition) is 1. The van der Waals surface area contributed by atoms with E-state index in [0.717, 1.165) is 60.9 Å². The van der Waals surface area contributed by atoms with Gasteiger partial charge in [0, 0.05) is 27.5 Å². The average molecular weight is 424 g/mol. The van der Waals surface area contributed by atoms with Crippen LogP contribution in [0.2, 0.25) is 0 Å². The number of furan rings is 1. The van der Waals surface area contributed by atoms with Gasteiger partial charge in [0.2, 0.25) is 0 Å². The lowest BCUT2D eigenvalue weighted by atomic mass is 9.80. The predicted octanol–water partition coefficient (Wildman–Crippen LogP) is 7.52. The maximum atomic E-state index is 12.5. The summed E-state index contributed by atoms with van der Waals surface area (Å²) in [5.74, 6) is 0. The lowest BCUT2D eigenvalue weighted by molar-refractivity contribution is 0.131. The van der Waals surface area contributed by atoms with Crippen LogP contribution >= 0.6 is 0 Å². The van der Waals surface area contributed by atoms with E-state index < -0.39 is 5.60 Å². The molecular weight excluding hydrogens is 404 g/mol. The highest BCUT2D eigenvalue weighted by molar-refractivity contribution is 6.12. The molecule has 0 radical (unpaired) electrons. The van der Waals surface area contributed by atoms with Crippen molar-refractivity contribution in [2.45, 2.75) is 5.60 Å². The molecule has 0 unspecified atom stereocenters. The number of aliphatic hydroxyl groups is 1. The van der Waals surface area contributed by atoms with E-state index in [1.54, 1.807) is 0 Å². The van der Waals surface area contributed by atoms with E-state index in [1.165, 1.54) is 0 Å². The molecule has 2 nitrogen and oxygen atoms in total. The molecule has 7 rings (SSSR count). The summed E-state index contributed by atoms with van der Waals surface area (Å²) in [5, 5.41) is 14.7. The molecule has 1 aliphatic carbocycles. The predicted molar refractivity (Wildman–Crippen MR) is 133 cm³/mol. The Hall–Kier alpha value is -4.14. The number of fused-ring (bicyclic) bond motifs is 6. The Labute approximate surface area is 191 Å². The first-order chi connectivity index (χ1) is 16.3. The van der Waals surface area contributed by atoms with E-state index in [2.05, 4.69) is 36.4 Å². The van der Waals surface area contributed by atoms with Crippen LogP contribution in [-0.2, 0) is 5.60 Å². The fourth-order valence-corrected chi connectivity index (χ4v) is 5.53. The Kier molecular flexibility index (Phi) is 3.73. The van der Waals surface area contributed by atoms with Crippen LogP contribution in [-0.4, -0.2) is 5.11 Å². The van der Waals surface area contributed by atoms with Crippen LogP contribution in [0.5, 0.6) is 0 Å². The van der Waals surface area contributed by atoms with Gasteiger partial charge in [0.15, 0.2) is 0 Å². The number of hydrogen-bond acceptors (Lipinski definition) is 2. The second-order valence-electron chi connectivity index (χ2n) is 8.62. The van der Waals surface area contributed by atoms with E-state index in [4.69, 9.17) is 4.42 Å². The standard InChI is InChI=1S/C31H20O2/c32-31(25-15-5-1-10-20(25)21-11-2-6-16-26(21)31)27-17-7-3-12-22(27)23-14-9-19-29-30(23)24-13-4-8-18-28(24)33-29/h1-19,32H. The third-order valence-corrected chi connectivity index (χ3v) is 6.93. The SMILES string of the molecule is OC1(c2ccccc2-c2cccc3oc4ccccc4c23)c2ccccc2-c2ccccc21. The molecule has 0 spiro atoms. The monoisotopic (exact) mass is 424 g/mol. The van der Waals surface area contributed by atoms with Crippen LogP contribution < -0.4 is 0 Å². The second-order valence-corrected chi connectivity index (χ2v) is 8.62. The fourth-order valence-electron chi connectivity index (χ4n) is 5.53. The van der Waals surface area contributed by atoms with Gasteiger partial charge in [-0.1, -0.05) is 103 Å². The zero-order valence-corrected chi connectivity index (χ0v) is 17.8. The van der Waals surface area contributed by atoms with Gasteiger partial charge in [0.25, 0.3) is 0 Å². The summed E-state index contributed by atoms with van der Waals surface area (Å²) in [5.41, 5.74) is 7.41. The molecular formula is C31H20O2. The molecule has 0 bridgehead atoms. The molecule has 156 valence electrons. The van der Waals surface area contributed by atoms with Gasteiger partial charge >= 0.3 is 0 Å². The summed E-state index contributed by atoms with van der Waals surface area (Å²) in [7, 11) is 0. The van der Waals surface area contributed by atoms with Crippen LogP contribution in [0.4, 0.5) is 0 Å². The van der Waals surface area contributed by atoms with Crippen molar-refractivity contribution in [3.63, 3.8) is 0 Å². The first-order valence-electron chi connectivity index (χ1n) is 11.2. The van der Waals surface area contributed by atoms with E-state index in [9.17, 15) is 5.11 Å². The zero-order valence-electron chi connectivity index (χ0n) is 17.8. The smallest absolute Gasteiger partial charge is 0.142 e. The molecule has 0 atom stereocenters. The van der Waals surface area contributed by atoms with Crippen molar-refractivity contribution in [1.82, 2.24) is 0 Å². The topological polar surface area (TPSA) is 33.4 Å². The molecule has 2 heteroatoms. The van der Waals surface area contributed by atoms with Crippen molar-refractivity contribution < 1.29 is 9.52 Å². The first kappa shape index (κ1) is 18.4. The third-order valence-electron chi connectivity index (χ3n) is 6.93. The summed E-state index contributed by atoms with van der Waals surface area (Å²) < 4.78 is 6.16. The van der Waals surface area contributed by atoms with Gasteiger partial charge in [0.1, 0.15) is 16.8 Å². The Morgan fingerprint density at radius 3 is 1.55 bits per heavy atom. The minimum atomic E-state index is -1.24. The molecule has 0 saturated heterocycles. The van der Waals surface area contributed by atoms with Crippen molar-refractivity contribution in [3.8, 4) is 22.3 Å². The van der Waals surface area contributed by atoms with Crippen molar-refractivity contribution in [2.24, 2.45) is 0 Å². The molecule has 1 aromatic heterocycles. The minimum absolute atomic E-state index is 0.850. The van der Waals surface area contributed by atoms with Crippen LogP contribution in [0.15, 0.2) is 120 Å². The molecule has 0 fully saturated rings. The fraction of sp³-hybridized carbons (Fsp3) is 0.0323. The van der Waals surface area contributed by atoms with Gasteiger partial charge in [-0.3, -0.25) is 0 Å². The number of rotatable bonds is 2. The van der Waals surface area contributed by atoms with Crippen molar-refractivity contribution in [3.05, 3.63) is 132 Å². The van der Waals surface area contributed by atoms with Gasteiger partial charge in [-0.15, -0.1) is 0 Å². The summed E-state index contributed by atoms with van der Waals surface area (Å²) >= 11 is 0. The van der Waals surface area contributed by atoms with Gasteiger partial charge in [-0.05, 0) is 34.4 Å².